The Morgan fingerprint density at radius 3 is 2.14 bits per heavy atom. The summed E-state index contributed by atoms with van der Waals surface area (Å²) in [4.78, 5) is 21.6. The monoisotopic (exact) mass is 200 g/mol. The second kappa shape index (κ2) is 11.8. The number of ketones is 1. The first kappa shape index (κ1) is 15.3. The maximum absolute atomic E-state index is 9.98. The number of hydrogen-bond donors (Lipinski definition) is 1. The Morgan fingerprint density at radius 2 is 2.00 bits per heavy atom. The Labute approximate surface area is 86.0 Å². The van der Waals surface area contributed by atoms with Gasteiger partial charge >= 0.3 is 0 Å². The molecule has 0 aromatic rings. The molecule has 0 radical (unpaired) electrons. The number of allylic oxidation sites excluding steroid dienone is 1. The lowest BCUT2D eigenvalue weighted by Gasteiger charge is -2.02. The van der Waals surface area contributed by atoms with Crippen molar-refractivity contribution in [2.45, 2.75) is 13.8 Å². The second-order valence-electron chi connectivity index (χ2n) is 3.03. The molecule has 0 fully saturated rings. The van der Waals surface area contributed by atoms with Gasteiger partial charge in [-0.1, -0.05) is 12.2 Å². The SMILES string of the molecule is C/C=C/CN(C)C.CC(=O)CNC=O. The average molecular weight is 200 g/mol. The van der Waals surface area contributed by atoms with Crippen molar-refractivity contribution in [2.75, 3.05) is 27.2 Å². The van der Waals surface area contributed by atoms with E-state index in [1.165, 1.54) is 6.92 Å². The first-order valence-electron chi connectivity index (χ1n) is 4.47. The number of carbonyl (C=O) groups excluding carboxylic acids is 2. The van der Waals surface area contributed by atoms with Gasteiger partial charge in [-0.15, -0.1) is 0 Å². The van der Waals surface area contributed by atoms with E-state index in [1.807, 2.05) is 6.92 Å². The van der Waals surface area contributed by atoms with Crippen molar-refractivity contribution >= 4 is 12.2 Å². The topological polar surface area (TPSA) is 49.4 Å². The van der Waals surface area contributed by atoms with Crippen molar-refractivity contribution in [3.63, 3.8) is 0 Å². The second-order valence-corrected chi connectivity index (χ2v) is 3.03. The van der Waals surface area contributed by atoms with E-state index in [4.69, 9.17) is 0 Å². The maximum atomic E-state index is 9.98. The molecule has 82 valence electrons. The zero-order valence-electron chi connectivity index (χ0n) is 9.41. The van der Waals surface area contributed by atoms with Crippen molar-refractivity contribution in [2.24, 2.45) is 0 Å². The summed E-state index contributed by atoms with van der Waals surface area (Å²) in [6, 6.07) is 0. The number of amides is 1. The Balaban J connectivity index is 0. The molecule has 0 rings (SSSR count). The summed E-state index contributed by atoms with van der Waals surface area (Å²) >= 11 is 0. The number of nitrogens with one attached hydrogen (secondary N) is 1. The van der Waals surface area contributed by atoms with Gasteiger partial charge in [-0.25, -0.2) is 0 Å². The van der Waals surface area contributed by atoms with Crippen LogP contribution >= 0.6 is 0 Å². The molecule has 1 N–H and O–H groups in total. The van der Waals surface area contributed by atoms with Gasteiger partial charge in [0, 0.05) is 6.54 Å². The van der Waals surface area contributed by atoms with Crippen LogP contribution in [-0.2, 0) is 9.59 Å². The third kappa shape index (κ3) is 22.4. The van der Waals surface area contributed by atoms with Crippen LogP contribution in [0.15, 0.2) is 12.2 Å². The predicted molar refractivity (Wildman–Crippen MR) is 58.1 cm³/mol. The van der Waals surface area contributed by atoms with Gasteiger partial charge in [-0.3, -0.25) is 9.59 Å². The van der Waals surface area contributed by atoms with E-state index in [0.29, 0.717) is 6.41 Å². The van der Waals surface area contributed by atoms with Crippen LogP contribution < -0.4 is 5.32 Å². The molecule has 0 aromatic heterocycles. The van der Waals surface area contributed by atoms with Crippen LogP contribution in [0.4, 0.5) is 0 Å². The van der Waals surface area contributed by atoms with Crippen LogP contribution in [0.2, 0.25) is 0 Å². The molecule has 0 aliphatic rings. The Kier molecular flexibility index (Phi) is 13.0. The molecular formula is C10H20N2O2. The van der Waals surface area contributed by atoms with Crippen LogP contribution in [0.25, 0.3) is 0 Å². The third-order valence-electron chi connectivity index (χ3n) is 1.14. The minimum atomic E-state index is -0.0351. The molecule has 14 heavy (non-hydrogen) atoms. The van der Waals surface area contributed by atoms with E-state index in [0.717, 1.165) is 6.54 Å². The fraction of sp³-hybridized carbons (Fsp3) is 0.600. The number of rotatable bonds is 5. The lowest BCUT2D eigenvalue weighted by atomic mass is 10.5. The van der Waals surface area contributed by atoms with Crippen LogP contribution in [-0.4, -0.2) is 44.3 Å². The van der Waals surface area contributed by atoms with Gasteiger partial charge in [0.2, 0.25) is 6.41 Å². The molecule has 0 aromatic carbocycles. The summed E-state index contributed by atoms with van der Waals surface area (Å²) in [6.45, 7) is 4.64. The highest BCUT2D eigenvalue weighted by atomic mass is 16.1. The molecule has 0 saturated carbocycles. The van der Waals surface area contributed by atoms with Crippen LogP contribution in [0.5, 0.6) is 0 Å². The molecule has 0 saturated heterocycles. The van der Waals surface area contributed by atoms with Gasteiger partial charge in [0.1, 0.15) is 5.78 Å². The summed E-state index contributed by atoms with van der Waals surface area (Å²) in [6.07, 6.45) is 4.68. The molecule has 0 bridgehead atoms. The largest absolute Gasteiger partial charge is 0.352 e. The van der Waals surface area contributed by atoms with Gasteiger partial charge in [-0.2, -0.15) is 0 Å². The summed E-state index contributed by atoms with van der Waals surface area (Å²) in [5.74, 6) is -0.0351. The van der Waals surface area contributed by atoms with Gasteiger partial charge in [-0.05, 0) is 27.9 Å². The van der Waals surface area contributed by atoms with Crippen molar-refractivity contribution < 1.29 is 9.59 Å². The fourth-order valence-electron chi connectivity index (χ4n) is 0.502. The normalized spacial score (nSPS) is 9.50. The summed E-state index contributed by atoms with van der Waals surface area (Å²) in [7, 11) is 4.11. The smallest absolute Gasteiger partial charge is 0.207 e. The molecule has 0 aliphatic carbocycles. The van der Waals surface area contributed by atoms with Crippen molar-refractivity contribution in [1.82, 2.24) is 10.2 Å². The van der Waals surface area contributed by atoms with E-state index in [2.05, 4.69) is 36.5 Å². The summed E-state index contributed by atoms with van der Waals surface area (Å²) < 4.78 is 0. The van der Waals surface area contributed by atoms with Crippen molar-refractivity contribution in [1.29, 1.82) is 0 Å². The standard InChI is InChI=1S/C6H13N.C4H7NO2/c1-4-5-6-7(2)3;1-4(7)2-5-3-6/h4-5H,6H2,1-3H3;3H,2H2,1H3,(H,5,6)/b5-4+;. The van der Waals surface area contributed by atoms with E-state index < -0.39 is 0 Å². The first-order valence-corrected chi connectivity index (χ1v) is 4.47. The van der Waals surface area contributed by atoms with Crippen LogP contribution in [0.1, 0.15) is 13.8 Å². The van der Waals surface area contributed by atoms with Crippen molar-refractivity contribution in [3.8, 4) is 0 Å². The number of hydrogen-bond acceptors (Lipinski definition) is 3. The van der Waals surface area contributed by atoms with Gasteiger partial charge < -0.3 is 10.2 Å². The van der Waals surface area contributed by atoms with Gasteiger partial charge in [0.05, 0.1) is 6.54 Å². The van der Waals surface area contributed by atoms with E-state index in [-0.39, 0.29) is 12.3 Å². The highest BCUT2D eigenvalue weighted by Crippen LogP contribution is 1.74. The molecule has 4 nitrogen and oxygen atoms in total. The Hall–Kier alpha value is -1.16. The summed E-state index contributed by atoms with van der Waals surface area (Å²) in [5.41, 5.74) is 0. The summed E-state index contributed by atoms with van der Waals surface area (Å²) in [5, 5.41) is 2.22. The van der Waals surface area contributed by atoms with Crippen LogP contribution in [0, 0.1) is 0 Å². The van der Waals surface area contributed by atoms with E-state index in [1.54, 1.807) is 0 Å². The Morgan fingerprint density at radius 1 is 1.43 bits per heavy atom. The number of carbonyl (C=O) groups is 2. The maximum Gasteiger partial charge on any atom is 0.207 e. The molecule has 4 heteroatoms. The van der Waals surface area contributed by atoms with Gasteiger partial charge in [0.15, 0.2) is 0 Å². The van der Waals surface area contributed by atoms with E-state index in [9.17, 15) is 9.59 Å². The lowest BCUT2D eigenvalue weighted by Crippen LogP contribution is -2.18. The fourth-order valence-corrected chi connectivity index (χ4v) is 0.502. The molecule has 0 atom stereocenters. The van der Waals surface area contributed by atoms with Crippen LogP contribution in [0.3, 0.4) is 0 Å². The molecule has 1 amide bonds. The molecule has 0 spiro atoms. The van der Waals surface area contributed by atoms with E-state index >= 15 is 0 Å². The average Bonchev–Trinajstić information content (AvgIpc) is 2.12. The minimum Gasteiger partial charge on any atom is -0.352 e. The first-order chi connectivity index (χ1) is 6.54. The number of likely N-dealkylation sites (N-methyl/N-ethyl adjacent to an activating group) is 1. The molecule has 0 aliphatic heterocycles. The van der Waals surface area contributed by atoms with Crippen molar-refractivity contribution in [3.05, 3.63) is 12.2 Å². The Bertz CT molecular complexity index is 177. The highest BCUT2D eigenvalue weighted by molar-refractivity contribution is 5.79. The highest BCUT2D eigenvalue weighted by Gasteiger charge is 1.84. The zero-order chi connectivity index (χ0) is 11.4. The lowest BCUT2D eigenvalue weighted by molar-refractivity contribution is -0.118. The predicted octanol–water partition coefficient (Wildman–Crippen LogP) is 0.445. The zero-order valence-corrected chi connectivity index (χ0v) is 9.41. The molecular weight excluding hydrogens is 180 g/mol. The van der Waals surface area contributed by atoms with Gasteiger partial charge in [0.25, 0.3) is 0 Å². The number of nitrogens with zero attached hydrogens (tertiary/aromatic N) is 1. The third-order valence-corrected chi connectivity index (χ3v) is 1.14. The molecule has 0 heterocycles. The quantitative estimate of drug-likeness (QED) is 0.517. The minimum absolute atomic E-state index is 0.0351. The molecule has 0 unspecified atom stereocenters. The number of Topliss-reactive ketones (excluding diaryl/α,β-unsaturated/α-hetero) is 1.